The van der Waals surface area contributed by atoms with E-state index in [0.29, 0.717) is 6.04 Å². The highest BCUT2D eigenvalue weighted by Crippen LogP contribution is 2.22. The Kier molecular flexibility index (Phi) is 4.79. The van der Waals surface area contributed by atoms with Crippen LogP contribution in [0.4, 0.5) is 0 Å². The lowest BCUT2D eigenvalue weighted by Crippen LogP contribution is -2.40. The van der Waals surface area contributed by atoms with Crippen molar-refractivity contribution >= 4 is 0 Å². The minimum absolute atomic E-state index is 0.249. The topological polar surface area (TPSA) is 33.7 Å². The summed E-state index contributed by atoms with van der Waals surface area (Å²) >= 11 is 0. The first-order valence-electron chi connectivity index (χ1n) is 6.74. The number of ether oxygens (including phenoxy) is 2. The molecule has 0 amide bonds. The molecule has 0 radical (unpaired) electrons. The lowest BCUT2D eigenvalue weighted by Gasteiger charge is -2.31. The van der Waals surface area contributed by atoms with Crippen LogP contribution in [0.1, 0.15) is 19.8 Å². The second-order valence-electron chi connectivity index (χ2n) is 5.51. The van der Waals surface area contributed by atoms with Gasteiger partial charge in [0.1, 0.15) is 0 Å². The van der Waals surface area contributed by atoms with Gasteiger partial charge in [-0.3, -0.25) is 4.90 Å². The Labute approximate surface area is 105 Å². The third-order valence-corrected chi connectivity index (χ3v) is 4.15. The molecule has 0 aliphatic carbocycles. The molecule has 4 unspecified atom stereocenters. The summed E-state index contributed by atoms with van der Waals surface area (Å²) in [7, 11) is 3.57. The van der Waals surface area contributed by atoms with Crippen LogP contribution in [0.15, 0.2) is 0 Å². The van der Waals surface area contributed by atoms with E-state index in [1.54, 1.807) is 14.2 Å². The Balaban J connectivity index is 1.80. The van der Waals surface area contributed by atoms with E-state index >= 15 is 0 Å². The summed E-state index contributed by atoms with van der Waals surface area (Å²) in [4.78, 5) is 2.50. The maximum atomic E-state index is 5.48. The van der Waals surface area contributed by atoms with E-state index in [4.69, 9.17) is 9.47 Å². The molecule has 0 aromatic heterocycles. The molecule has 2 aliphatic rings. The van der Waals surface area contributed by atoms with Gasteiger partial charge < -0.3 is 14.8 Å². The number of nitrogens with one attached hydrogen (secondary N) is 1. The van der Waals surface area contributed by atoms with Gasteiger partial charge in [-0.25, -0.2) is 0 Å². The van der Waals surface area contributed by atoms with E-state index in [9.17, 15) is 0 Å². The van der Waals surface area contributed by atoms with Crippen molar-refractivity contribution in [2.45, 2.75) is 38.0 Å². The normalized spacial score (nSPS) is 39.7. The van der Waals surface area contributed by atoms with E-state index in [0.717, 1.165) is 19.0 Å². The molecule has 0 bridgehead atoms. The number of rotatable bonds is 4. The molecule has 4 nitrogen and oxygen atoms in total. The summed E-state index contributed by atoms with van der Waals surface area (Å²) in [6.07, 6.45) is 3.10. The number of hydrogen-bond acceptors (Lipinski definition) is 4. The van der Waals surface area contributed by atoms with Crippen molar-refractivity contribution in [3.05, 3.63) is 0 Å². The largest absolute Gasteiger partial charge is 0.377 e. The molecular weight excluding hydrogens is 216 g/mol. The van der Waals surface area contributed by atoms with Crippen LogP contribution in [0.2, 0.25) is 0 Å². The van der Waals surface area contributed by atoms with Crippen molar-refractivity contribution < 1.29 is 9.47 Å². The standard InChI is InChI=1S/C13H26N2O2/c1-10-6-11(4-5-14-10)7-15-8-12(16-2)13(9-15)17-3/h10-14H,4-9H2,1-3H3. The van der Waals surface area contributed by atoms with Gasteiger partial charge in [0.15, 0.2) is 0 Å². The first kappa shape index (κ1) is 13.3. The number of methoxy groups -OCH3 is 2. The van der Waals surface area contributed by atoms with E-state index in [1.807, 2.05) is 0 Å². The molecule has 2 aliphatic heterocycles. The van der Waals surface area contributed by atoms with Gasteiger partial charge in [-0.15, -0.1) is 0 Å². The Morgan fingerprint density at radius 1 is 1.18 bits per heavy atom. The second kappa shape index (κ2) is 6.14. The Morgan fingerprint density at radius 3 is 2.35 bits per heavy atom. The van der Waals surface area contributed by atoms with Gasteiger partial charge in [-0.05, 0) is 32.2 Å². The van der Waals surface area contributed by atoms with Crippen LogP contribution in [-0.4, -0.2) is 63.5 Å². The number of hydrogen-bond donors (Lipinski definition) is 1. The van der Waals surface area contributed by atoms with Gasteiger partial charge >= 0.3 is 0 Å². The number of nitrogens with zero attached hydrogens (tertiary/aromatic N) is 1. The molecule has 1 N–H and O–H groups in total. The van der Waals surface area contributed by atoms with Gasteiger partial charge in [0.25, 0.3) is 0 Å². The quantitative estimate of drug-likeness (QED) is 0.787. The lowest BCUT2D eigenvalue weighted by atomic mass is 9.93. The highest BCUT2D eigenvalue weighted by atomic mass is 16.5. The number of likely N-dealkylation sites (tertiary alicyclic amines) is 1. The monoisotopic (exact) mass is 242 g/mol. The molecule has 4 atom stereocenters. The van der Waals surface area contributed by atoms with Gasteiger partial charge in [-0.2, -0.15) is 0 Å². The van der Waals surface area contributed by atoms with Crippen LogP contribution in [0, 0.1) is 5.92 Å². The molecule has 2 heterocycles. The van der Waals surface area contributed by atoms with Crippen molar-refractivity contribution in [3.63, 3.8) is 0 Å². The van der Waals surface area contributed by atoms with Crippen LogP contribution < -0.4 is 5.32 Å². The summed E-state index contributed by atoms with van der Waals surface area (Å²) in [6, 6.07) is 0.674. The fraction of sp³-hybridized carbons (Fsp3) is 1.00. The highest BCUT2D eigenvalue weighted by Gasteiger charge is 2.34. The van der Waals surface area contributed by atoms with Gasteiger partial charge in [0, 0.05) is 39.9 Å². The van der Waals surface area contributed by atoms with Gasteiger partial charge in [0.2, 0.25) is 0 Å². The molecule has 2 rings (SSSR count). The van der Waals surface area contributed by atoms with Crippen molar-refractivity contribution in [2.24, 2.45) is 5.92 Å². The number of piperidine rings is 1. The fourth-order valence-corrected chi connectivity index (χ4v) is 3.19. The molecule has 0 spiro atoms. The van der Waals surface area contributed by atoms with E-state index < -0.39 is 0 Å². The van der Waals surface area contributed by atoms with Crippen molar-refractivity contribution in [1.29, 1.82) is 0 Å². The van der Waals surface area contributed by atoms with Crippen LogP contribution in [0.5, 0.6) is 0 Å². The Hall–Kier alpha value is -0.160. The smallest absolute Gasteiger partial charge is 0.0971 e. The zero-order valence-corrected chi connectivity index (χ0v) is 11.3. The summed E-state index contributed by atoms with van der Waals surface area (Å²) in [5, 5.41) is 3.51. The third-order valence-electron chi connectivity index (χ3n) is 4.15. The molecule has 2 saturated heterocycles. The summed E-state index contributed by atoms with van der Waals surface area (Å²) in [6.45, 7) is 6.69. The predicted octanol–water partition coefficient (Wildman–Crippen LogP) is 0.720. The Morgan fingerprint density at radius 2 is 1.82 bits per heavy atom. The third kappa shape index (κ3) is 3.41. The highest BCUT2D eigenvalue weighted by molar-refractivity contribution is 4.88. The minimum Gasteiger partial charge on any atom is -0.377 e. The zero-order valence-electron chi connectivity index (χ0n) is 11.3. The molecule has 2 fully saturated rings. The van der Waals surface area contributed by atoms with Crippen molar-refractivity contribution in [2.75, 3.05) is 40.4 Å². The van der Waals surface area contributed by atoms with E-state index in [-0.39, 0.29) is 12.2 Å². The Bertz CT molecular complexity index is 225. The van der Waals surface area contributed by atoms with Gasteiger partial charge in [-0.1, -0.05) is 0 Å². The molecule has 0 aromatic rings. The molecule has 100 valence electrons. The zero-order chi connectivity index (χ0) is 12.3. The van der Waals surface area contributed by atoms with Crippen molar-refractivity contribution in [1.82, 2.24) is 10.2 Å². The average Bonchev–Trinajstić information content (AvgIpc) is 2.71. The van der Waals surface area contributed by atoms with Crippen LogP contribution in [0.3, 0.4) is 0 Å². The fourth-order valence-electron chi connectivity index (χ4n) is 3.19. The molecule has 17 heavy (non-hydrogen) atoms. The lowest BCUT2D eigenvalue weighted by molar-refractivity contribution is -0.00461. The molecule has 0 saturated carbocycles. The SMILES string of the molecule is COC1CN(CC2CCNC(C)C2)CC1OC. The van der Waals surface area contributed by atoms with Crippen LogP contribution in [-0.2, 0) is 9.47 Å². The summed E-state index contributed by atoms with van der Waals surface area (Å²) in [5.41, 5.74) is 0. The average molecular weight is 242 g/mol. The maximum Gasteiger partial charge on any atom is 0.0971 e. The van der Waals surface area contributed by atoms with E-state index in [2.05, 4.69) is 17.1 Å². The summed E-state index contributed by atoms with van der Waals surface area (Å²) in [5.74, 6) is 0.833. The summed E-state index contributed by atoms with van der Waals surface area (Å²) < 4.78 is 11.0. The minimum atomic E-state index is 0.249. The van der Waals surface area contributed by atoms with Crippen LogP contribution in [0.25, 0.3) is 0 Å². The first-order chi connectivity index (χ1) is 8.22. The van der Waals surface area contributed by atoms with Crippen LogP contribution >= 0.6 is 0 Å². The molecule has 4 heteroatoms. The maximum absolute atomic E-state index is 5.48. The first-order valence-corrected chi connectivity index (χ1v) is 6.74. The molecular formula is C13H26N2O2. The van der Waals surface area contributed by atoms with Crippen molar-refractivity contribution in [3.8, 4) is 0 Å². The predicted molar refractivity (Wildman–Crippen MR) is 68.2 cm³/mol. The van der Waals surface area contributed by atoms with Gasteiger partial charge in [0.05, 0.1) is 12.2 Å². The van der Waals surface area contributed by atoms with E-state index in [1.165, 1.54) is 25.9 Å². The second-order valence-corrected chi connectivity index (χ2v) is 5.51. The molecule has 0 aromatic carbocycles.